The lowest BCUT2D eigenvalue weighted by atomic mass is 10.5. The van der Waals surface area contributed by atoms with E-state index in [1.165, 1.54) is 6.92 Å². The van der Waals surface area contributed by atoms with E-state index in [2.05, 4.69) is 9.47 Å². The molecule has 0 aromatic rings. The Balaban J connectivity index is 0.000000288. The van der Waals surface area contributed by atoms with Crippen LogP contribution in [0, 0.1) is 0 Å². The number of rotatable bonds is 5. The summed E-state index contributed by atoms with van der Waals surface area (Å²) in [5.74, 6) is -0.211. The van der Waals surface area contributed by atoms with Crippen molar-refractivity contribution in [3.05, 3.63) is 0 Å². The maximum atomic E-state index is 10.2. The second-order valence-corrected chi connectivity index (χ2v) is 3.02. The molecule has 1 heterocycles. The molecule has 0 atom stereocenters. The highest BCUT2D eigenvalue weighted by Gasteiger charge is 2.06. The fourth-order valence-corrected chi connectivity index (χ4v) is 0.770. The van der Waals surface area contributed by atoms with Crippen LogP contribution in [0.4, 0.5) is 0 Å². The van der Waals surface area contributed by atoms with Gasteiger partial charge in [-0.15, -0.1) is 0 Å². The van der Waals surface area contributed by atoms with Gasteiger partial charge in [0.2, 0.25) is 0 Å². The molecule has 1 aliphatic heterocycles. The number of esters is 1. The molecule has 1 rings (SSSR count). The zero-order chi connectivity index (χ0) is 12.2. The summed E-state index contributed by atoms with van der Waals surface area (Å²) in [5, 5.41) is 0. The van der Waals surface area contributed by atoms with Crippen LogP contribution < -0.4 is 0 Å². The summed E-state index contributed by atoms with van der Waals surface area (Å²) in [7, 11) is 1.59. The van der Waals surface area contributed by atoms with E-state index in [4.69, 9.17) is 9.47 Å². The first kappa shape index (κ1) is 15.0. The zero-order valence-corrected chi connectivity index (χ0v) is 9.69. The summed E-state index contributed by atoms with van der Waals surface area (Å²) < 4.78 is 18.8. The predicted octanol–water partition coefficient (Wildman–Crippen LogP) is -0.202. The molecule has 0 radical (unpaired) electrons. The van der Waals surface area contributed by atoms with Gasteiger partial charge in [0, 0.05) is 7.11 Å². The van der Waals surface area contributed by atoms with Crippen LogP contribution in [0.1, 0.15) is 6.92 Å². The molecule has 94 valence electrons. The number of hydrogen-bond donors (Lipinski definition) is 0. The smallest absolute Gasteiger partial charge is 0.332 e. The average molecular weight is 234 g/mol. The van der Waals surface area contributed by atoms with E-state index in [0.717, 1.165) is 0 Å². The Morgan fingerprint density at radius 3 is 2.50 bits per heavy atom. The van der Waals surface area contributed by atoms with Crippen LogP contribution in [-0.4, -0.2) is 58.5 Å². The van der Waals surface area contributed by atoms with E-state index >= 15 is 0 Å². The Labute approximate surface area is 94.8 Å². The van der Waals surface area contributed by atoms with Gasteiger partial charge in [-0.3, -0.25) is 4.79 Å². The molecular formula is C10H18O6. The van der Waals surface area contributed by atoms with Crippen LogP contribution in [0.3, 0.4) is 0 Å². The lowest BCUT2D eigenvalue weighted by Gasteiger charge is -2.09. The third-order valence-corrected chi connectivity index (χ3v) is 1.45. The maximum Gasteiger partial charge on any atom is 0.332 e. The molecular weight excluding hydrogens is 216 g/mol. The van der Waals surface area contributed by atoms with Gasteiger partial charge in [0.25, 0.3) is 0 Å². The highest BCUT2D eigenvalue weighted by atomic mass is 16.6. The number of carbonyl (C=O) groups excluding carboxylic acids is 2. The van der Waals surface area contributed by atoms with Crippen molar-refractivity contribution >= 4 is 11.8 Å². The molecule has 6 heteroatoms. The predicted molar refractivity (Wildman–Crippen MR) is 55.2 cm³/mol. The van der Waals surface area contributed by atoms with Gasteiger partial charge in [0.15, 0.2) is 5.78 Å². The van der Waals surface area contributed by atoms with Crippen molar-refractivity contribution in [1.82, 2.24) is 0 Å². The molecule has 1 saturated heterocycles. The van der Waals surface area contributed by atoms with Crippen molar-refractivity contribution in [2.24, 2.45) is 0 Å². The Hall–Kier alpha value is -0.980. The van der Waals surface area contributed by atoms with Crippen molar-refractivity contribution in [2.45, 2.75) is 6.92 Å². The fraction of sp³-hybridized carbons (Fsp3) is 0.800. The number of cyclic esters (lactones) is 1. The van der Waals surface area contributed by atoms with Gasteiger partial charge < -0.3 is 18.9 Å². The van der Waals surface area contributed by atoms with E-state index in [1.807, 2.05) is 0 Å². The first-order chi connectivity index (χ1) is 7.66. The van der Waals surface area contributed by atoms with Crippen LogP contribution in [0.15, 0.2) is 0 Å². The van der Waals surface area contributed by atoms with Crippen molar-refractivity contribution in [3.8, 4) is 0 Å². The summed E-state index contributed by atoms with van der Waals surface area (Å²) in [5.41, 5.74) is 0. The van der Waals surface area contributed by atoms with E-state index in [9.17, 15) is 9.59 Å². The summed E-state index contributed by atoms with van der Waals surface area (Å²) in [6.07, 6.45) is 0. The minimum absolute atomic E-state index is 0.0473. The highest BCUT2D eigenvalue weighted by Crippen LogP contribution is 1.88. The van der Waals surface area contributed by atoms with Gasteiger partial charge in [0.05, 0.1) is 19.8 Å². The SMILES string of the molecule is COCCOCC(C)=O.O=C1COCCO1. The second-order valence-electron chi connectivity index (χ2n) is 3.02. The monoisotopic (exact) mass is 234 g/mol. The second kappa shape index (κ2) is 10.5. The van der Waals surface area contributed by atoms with Gasteiger partial charge in [0.1, 0.15) is 19.8 Å². The van der Waals surface area contributed by atoms with E-state index in [-0.39, 0.29) is 25.0 Å². The summed E-state index contributed by atoms with van der Waals surface area (Å²) in [6.45, 7) is 3.82. The number of carbonyl (C=O) groups is 2. The van der Waals surface area contributed by atoms with Gasteiger partial charge in [-0.1, -0.05) is 0 Å². The minimum Gasteiger partial charge on any atom is -0.462 e. The van der Waals surface area contributed by atoms with Crippen LogP contribution in [0.2, 0.25) is 0 Å². The standard InChI is InChI=1S/C6H12O3.C4H6O3/c1-6(7)5-9-4-3-8-2;5-4-3-6-1-2-7-4/h3-5H2,1-2H3;1-3H2. The fourth-order valence-electron chi connectivity index (χ4n) is 0.770. The van der Waals surface area contributed by atoms with Crippen LogP contribution >= 0.6 is 0 Å². The van der Waals surface area contributed by atoms with E-state index in [0.29, 0.717) is 26.4 Å². The molecule has 6 nitrogen and oxygen atoms in total. The lowest BCUT2D eigenvalue weighted by molar-refractivity contribution is -0.159. The molecule has 0 spiro atoms. The first-order valence-corrected chi connectivity index (χ1v) is 4.96. The van der Waals surface area contributed by atoms with E-state index in [1.54, 1.807) is 7.11 Å². The van der Waals surface area contributed by atoms with Crippen LogP contribution in [0.5, 0.6) is 0 Å². The number of ketones is 1. The third kappa shape index (κ3) is 11.1. The maximum absolute atomic E-state index is 10.2. The quantitative estimate of drug-likeness (QED) is 0.484. The molecule has 1 aliphatic rings. The Bertz CT molecular complexity index is 195. The summed E-state index contributed by atoms with van der Waals surface area (Å²) in [4.78, 5) is 20.4. The van der Waals surface area contributed by atoms with Gasteiger partial charge in [-0.2, -0.15) is 0 Å². The Morgan fingerprint density at radius 1 is 1.38 bits per heavy atom. The summed E-state index contributed by atoms with van der Waals surface area (Å²) >= 11 is 0. The van der Waals surface area contributed by atoms with Gasteiger partial charge in [-0.25, -0.2) is 4.79 Å². The first-order valence-electron chi connectivity index (χ1n) is 4.96. The van der Waals surface area contributed by atoms with Crippen LogP contribution in [0.25, 0.3) is 0 Å². The topological polar surface area (TPSA) is 71.1 Å². The normalized spacial score (nSPS) is 14.8. The summed E-state index contributed by atoms with van der Waals surface area (Å²) in [6, 6.07) is 0. The van der Waals surface area contributed by atoms with E-state index < -0.39 is 0 Å². The van der Waals surface area contributed by atoms with Crippen molar-refractivity contribution < 1.29 is 28.5 Å². The molecule has 0 saturated carbocycles. The van der Waals surface area contributed by atoms with Crippen LogP contribution in [-0.2, 0) is 28.5 Å². The number of Topliss-reactive ketones (excluding diaryl/α,β-unsaturated/α-hetero) is 1. The number of hydrogen-bond acceptors (Lipinski definition) is 6. The van der Waals surface area contributed by atoms with Crippen molar-refractivity contribution in [3.63, 3.8) is 0 Å². The largest absolute Gasteiger partial charge is 0.462 e. The molecule has 0 aromatic heterocycles. The van der Waals surface area contributed by atoms with Crippen molar-refractivity contribution in [1.29, 1.82) is 0 Å². The Morgan fingerprint density at radius 2 is 2.12 bits per heavy atom. The highest BCUT2D eigenvalue weighted by molar-refractivity contribution is 5.76. The molecule has 1 fully saturated rings. The number of ether oxygens (including phenoxy) is 4. The third-order valence-electron chi connectivity index (χ3n) is 1.45. The van der Waals surface area contributed by atoms with Crippen molar-refractivity contribution in [2.75, 3.05) is 46.8 Å². The molecule has 16 heavy (non-hydrogen) atoms. The molecule has 0 N–H and O–H groups in total. The zero-order valence-electron chi connectivity index (χ0n) is 9.69. The molecule has 0 unspecified atom stereocenters. The Kier molecular flexibility index (Phi) is 9.89. The molecule has 0 aromatic carbocycles. The lowest BCUT2D eigenvalue weighted by Crippen LogP contribution is -2.22. The molecule has 0 aliphatic carbocycles. The molecule has 0 amide bonds. The van der Waals surface area contributed by atoms with Gasteiger partial charge in [-0.05, 0) is 6.92 Å². The molecule has 0 bridgehead atoms. The van der Waals surface area contributed by atoms with Gasteiger partial charge >= 0.3 is 5.97 Å². The minimum atomic E-state index is -0.258. The number of methoxy groups -OCH3 is 1. The average Bonchev–Trinajstić information content (AvgIpc) is 2.26.